The van der Waals surface area contributed by atoms with Crippen molar-refractivity contribution in [2.45, 2.75) is 0 Å². The van der Waals surface area contributed by atoms with Crippen LogP contribution in [0.5, 0.6) is 0 Å². The molecule has 0 saturated carbocycles. The SMILES string of the molecule is O=C(O)/C=C/c1ccc(-n2cc(Cl)cn2)c(Cl)c1. The minimum atomic E-state index is -1.01. The summed E-state index contributed by atoms with van der Waals surface area (Å²) in [7, 11) is 0. The first kappa shape index (κ1) is 12.7. The van der Waals surface area contributed by atoms with Gasteiger partial charge in [-0.05, 0) is 23.8 Å². The predicted molar refractivity (Wildman–Crippen MR) is 70.3 cm³/mol. The van der Waals surface area contributed by atoms with E-state index >= 15 is 0 Å². The summed E-state index contributed by atoms with van der Waals surface area (Å²) < 4.78 is 1.55. The lowest BCUT2D eigenvalue weighted by Crippen LogP contribution is -1.95. The van der Waals surface area contributed by atoms with E-state index in [1.54, 1.807) is 29.1 Å². The second-order valence-electron chi connectivity index (χ2n) is 3.49. The van der Waals surface area contributed by atoms with Crippen LogP contribution in [0, 0.1) is 0 Å². The molecule has 0 aliphatic heterocycles. The highest BCUT2D eigenvalue weighted by atomic mass is 35.5. The fourth-order valence-corrected chi connectivity index (χ4v) is 1.82. The number of aliphatic carboxylic acids is 1. The Morgan fingerprint density at radius 3 is 2.72 bits per heavy atom. The Morgan fingerprint density at radius 2 is 2.17 bits per heavy atom. The summed E-state index contributed by atoms with van der Waals surface area (Å²) in [5, 5.41) is 13.5. The van der Waals surface area contributed by atoms with E-state index in [9.17, 15) is 4.79 Å². The van der Waals surface area contributed by atoms with E-state index in [1.807, 2.05) is 0 Å². The van der Waals surface area contributed by atoms with Gasteiger partial charge in [-0.25, -0.2) is 9.48 Å². The molecule has 0 amide bonds. The fraction of sp³-hybridized carbons (Fsp3) is 0. The molecule has 0 atom stereocenters. The van der Waals surface area contributed by atoms with Crippen LogP contribution in [0.2, 0.25) is 10.0 Å². The maximum atomic E-state index is 10.4. The molecule has 0 fully saturated rings. The molecule has 0 saturated heterocycles. The number of hydrogen-bond acceptors (Lipinski definition) is 2. The highest BCUT2D eigenvalue weighted by molar-refractivity contribution is 6.32. The summed E-state index contributed by atoms with van der Waals surface area (Å²) in [5.74, 6) is -1.01. The summed E-state index contributed by atoms with van der Waals surface area (Å²) in [6.45, 7) is 0. The number of carbonyl (C=O) groups is 1. The first-order valence-electron chi connectivity index (χ1n) is 4.97. The number of rotatable bonds is 3. The number of benzene rings is 1. The van der Waals surface area contributed by atoms with E-state index in [-0.39, 0.29) is 0 Å². The molecular weight excluding hydrogens is 275 g/mol. The van der Waals surface area contributed by atoms with Crippen LogP contribution in [0.15, 0.2) is 36.7 Å². The Balaban J connectivity index is 2.33. The van der Waals surface area contributed by atoms with Crippen molar-refractivity contribution >= 4 is 35.2 Å². The molecule has 18 heavy (non-hydrogen) atoms. The summed E-state index contributed by atoms with van der Waals surface area (Å²) in [6, 6.07) is 5.15. The largest absolute Gasteiger partial charge is 0.478 e. The lowest BCUT2D eigenvalue weighted by Gasteiger charge is -2.04. The zero-order valence-corrected chi connectivity index (χ0v) is 10.6. The second-order valence-corrected chi connectivity index (χ2v) is 4.33. The Labute approximate surface area is 113 Å². The number of hydrogen-bond donors (Lipinski definition) is 1. The summed E-state index contributed by atoms with van der Waals surface area (Å²) in [5.41, 5.74) is 1.38. The average Bonchev–Trinajstić information content (AvgIpc) is 2.73. The number of carboxylic acids is 1. The zero-order valence-electron chi connectivity index (χ0n) is 9.05. The minimum Gasteiger partial charge on any atom is -0.478 e. The third kappa shape index (κ3) is 2.91. The van der Waals surface area contributed by atoms with Gasteiger partial charge in [0, 0.05) is 12.3 Å². The Kier molecular flexibility index (Phi) is 3.69. The molecular formula is C12H8Cl2N2O2. The van der Waals surface area contributed by atoms with Crippen LogP contribution < -0.4 is 0 Å². The van der Waals surface area contributed by atoms with Crippen molar-refractivity contribution in [3.8, 4) is 5.69 Å². The smallest absolute Gasteiger partial charge is 0.328 e. The van der Waals surface area contributed by atoms with Crippen molar-refractivity contribution < 1.29 is 9.90 Å². The first-order chi connectivity index (χ1) is 8.56. The molecule has 0 bridgehead atoms. The van der Waals surface area contributed by atoms with Crippen molar-refractivity contribution in [1.29, 1.82) is 0 Å². The van der Waals surface area contributed by atoms with Gasteiger partial charge < -0.3 is 5.11 Å². The van der Waals surface area contributed by atoms with Gasteiger partial charge in [-0.3, -0.25) is 0 Å². The van der Waals surface area contributed by atoms with Gasteiger partial charge in [-0.15, -0.1) is 0 Å². The van der Waals surface area contributed by atoms with E-state index < -0.39 is 5.97 Å². The highest BCUT2D eigenvalue weighted by Crippen LogP contribution is 2.23. The molecule has 2 aromatic rings. The van der Waals surface area contributed by atoms with Crippen LogP contribution in [0.25, 0.3) is 11.8 Å². The maximum Gasteiger partial charge on any atom is 0.328 e. The van der Waals surface area contributed by atoms with Gasteiger partial charge >= 0.3 is 5.97 Å². The molecule has 1 aromatic carbocycles. The zero-order chi connectivity index (χ0) is 13.1. The first-order valence-corrected chi connectivity index (χ1v) is 5.73. The normalized spacial score (nSPS) is 11.0. The Bertz CT molecular complexity index is 620. The van der Waals surface area contributed by atoms with Gasteiger partial charge in [0.25, 0.3) is 0 Å². The number of carboxylic acid groups (broad SMARTS) is 1. The fourth-order valence-electron chi connectivity index (χ4n) is 1.41. The number of nitrogens with zero attached hydrogens (tertiary/aromatic N) is 2. The lowest BCUT2D eigenvalue weighted by atomic mass is 10.2. The monoisotopic (exact) mass is 282 g/mol. The van der Waals surface area contributed by atoms with Gasteiger partial charge in [0.1, 0.15) is 0 Å². The second kappa shape index (κ2) is 5.25. The van der Waals surface area contributed by atoms with Crippen molar-refractivity contribution in [3.63, 3.8) is 0 Å². The standard InChI is InChI=1S/C12H8Cl2N2O2/c13-9-6-15-16(7-9)11-3-1-8(5-10(11)14)2-4-12(17)18/h1-7H,(H,17,18)/b4-2+. The van der Waals surface area contributed by atoms with Crippen LogP contribution in [-0.4, -0.2) is 20.9 Å². The summed E-state index contributed by atoms with van der Waals surface area (Å²) in [6.07, 6.45) is 5.66. The molecule has 1 N–H and O–H groups in total. The van der Waals surface area contributed by atoms with E-state index in [0.717, 1.165) is 6.08 Å². The van der Waals surface area contributed by atoms with Gasteiger partial charge in [-0.1, -0.05) is 29.3 Å². The van der Waals surface area contributed by atoms with Crippen LogP contribution in [-0.2, 0) is 4.79 Å². The Morgan fingerprint density at radius 1 is 1.39 bits per heavy atom. The van der Waals surface area contributed by atoms with E-state index in [4.69, 9.17) is 28.3 Å². The van der Waals surface area contributed by atoms with E-state index in [1.165, 1.54) is 12.3 Å². The van der Waals surface area contributed by atoms with Gasteiger partial charge in [0.05, 0.1) is 21.9 Å². The molecule has 1 heterocycles. The molecule has 0 aliphatic rings. The molecule has 0 unspecified atom stereocenters. The van der Waals surface area contributed by atoms with Crippen molar-refractivity contribution in [1.82, 2.24) is 9.78 Å². The van der Waals surface area contributed by atoms with Gasteiger partial charge in [0.2, 0.25) is 0 Å². The van der Waals surface area contributed by atoms with Crippen molar-refractivity contribution in [2.24, 2.45) is 0 Å². The number of halogens is 2. The van der Waals surface area contributed by atoms with Gasteiger partial charge in [0.15, 0.2) is 0 Å². The summed E-state index contributed by atoms with van der Waals surface area (Å²) >= 11 is 11.9. The quantitative estimate of drug-likeness (QED) is 0.879. The van der Waals surface area contributed by atoms with Gasteiger partial charge in [-0.2, -0.15) is 5.10 Å². The van der Waals surface area contributed by atoms with Crippen molar-refractivity contribution in [2.75, 3.05) is 0 Å². The van der Waals surface area contributed by atoms with Crippen LogP contribution >= 0.6 is 23.2 Å². The molecule has 0 radical (unpaired) electrons. The minimum absolute atomic E-state index is 0.460. The molecule has 6 heteroatoms. The van der Waals surface area contributed by atoms with E-state index in [2.05, 4.69) is 5.10 Å². The lowest BCUT2D eigenvalue weighted by molar-refractivity contribution is -0.131. The van der Waals surface area contributed by atoms with Crippen LogP contribution in [0.4, 0.5) is 0 Å². The topological polar surface area (TPSA) is 55.1 Å². The Hall–Kier alpha value is -1.78. The third-order valence-electron chi connectivity index (χ3n) is 2.19. The predicted octanol–water partition coefficient (Wildman–Crippen LogP) is 3.28. The molecule has 4 nitrogen and oxygen atoms in total. The number of aromatic nitrogens is 2. The molecule has 0 spiro atoms. The van der Waals surface area contributed by atoms with Crippen LogP contribution in [0.1, 0.15) is 5.56 Å². The third-order valence-corrected chi connectivity index (χ3v) is 2.69. The highest BCUT2D eigenvalue weighted by Gasteiger charge is 2.05. The maximum absolute atomic E-state index is 10.4. The van der Waals surface area contributed by atoms with Crippen molar-refractivity contribution in [3.05, 3.63) is 52.3 Å². The molecule has 2 rings (SSSR count). The molecule has 92 valence electrons. The van der Waals surface area contributed by atoms with Crippen LogP contribution in [0.3, 0.4) is 0 Å². The molecule has 1 aromatic heterocycles. The molecule has 0 aliphatic carbocycles. The van der Waals surface area contributed by atoms with E-state index in [0.29, 0.717) is 21.3 Å². The average molecular weight is 283 g/mol. The summed E-state index contributed by atoms with van der Waals surface area (Å²) in [4.78, 5) is 10.4.